The Bertz CT molecular complexity index is 914. The lowest BCUT2D eigenvalue weighted by atomic mass is 10.2. The second-order valence-electron chi connectivity index (χ2n) is 6.53. The smallest absolute Gasteiger partial charge is 0.306 e. The van der Waals surface area contributed by atoms with Gasteiger partial charge in [0.2, 0.25) is 0 Å². The first-order valence-corrected chi connectivity index (χ1v) is 9.32. The maximum absolute atomic E-state index is 12.3. The third-order valence-electron chi connectivity index (χ3n) is 4.11. The molecule has 0 saturated heterocycles. The molecule has 1 atom stereocenters. The molecule has 1 N–H and O–H groups in total. The minimum atomic E-state index is -1.08. The molecule has 0 aliphatic rings. The SMILES string of the molecule is COc1ccc([N+](=O)[O-])cc1NC(=O)[C@H](C)OC(=O)CCCOc1cccc(C)c1. The number of benzene rings is 2. The fraction of sp³-hybridized carbons (Fsp3) is 0.333. The van der Waals surface area contributed by atoms with E-state index in [9.17, 15) is 19.7 Å². The highest BCUT2D eigenvalue weighted by Gasteiger charge is 2.20. The Balaban J connectivity index is 1.81. The number of hydrogen-bond acceptors (Lipinski definition) is 7. The van der Waals surface area contributed by atoms with E-state index >= 15 is 0 Å². The Kier molecular flexibility index (Phi) is 8.16. The van der Waals surface area contributed by atoms with E-state index in [1.54, 1.807) is 0 Å². The number of rotatable bonds is 10. The zero-order chi connectivity index (χ0) is 22.1. The van der Waals surface area contributed by atoms with Gasteiger partial charge in [-0.15, -0.1) is 0 Å². The van der Waals surface area contributed by atoms with E-state index in [0.717, 1.165) is 11.3 Å². The molecule has 2 aromatic rings. The Hall–Kier alpha value is -3.62. The number of anilines is 1. The number of nitro groups is 1. The van der Waals surface area contributed by atoms with Crippen LogP contribution in [-0.4, -0.2) is 36.6 Å². The van der Waals surface area contributed by atoms with E-state index in [0.29, 0.717) is 13.0 Å². The molecule has 0 fully saturated rings. The molecule has 0 heterocycles. The van der Waals surface area contributed by atoms with Crippen molar-refractivity contribution in [2.24, 2.45) is 0 Å². The van der Waals surface area contributed by atoms with Gasteiger partial charge in [0.05, 0.1) is 24.3 Å². The molecule has 2 aromatic carbocycles. The summed E-state index contributed by atoms with van der Waals surface area (Å²) in [6.45, 7) is 3.71. The van der Waals surface area contributed by atoms with Crippen LogP contribution in [0.4, 0.5) is 11.4 Å². The standard InChI is InChI=1S/C21H24N2O7/c1-14-6-4-7-17(12-14)29-11-5-8-20(24)30-15(2)21(25)22-18-13-16(23(26)27)9-10-19(18)28-3/h4,6-7,9-10,12-13,15H,5,8,11H2,1-3H3,(H,22,25)/t15-/m0/s1. The highest BCUT2D eigenvalue weighted by molar-refractivity contribution is 5.96. The molecule has 0 aliphatic carbocycles. The number of esters is 1. The molecule has 1 amide bonds. The first-order valence-electron chi connectivity index (χ1n) is 9.32. The van der Waals surface area contributed by atoms with Crippen LogP contribution in [0, 0.1) is 17.0 Å². The number of nitro benzene ring substituents is 1. The molecule has 0 spiro atoms. The van der Waals surface area contributed by atoms with Crippen molar-refractivity contribution >= 4 is 23.3 Å². The normalized spacial score (nSPS) is 11.3. The molecule has 2 rings (SSSR count). The van der Waals surface area contributed by atoms with Crippen LogP contribution in [0.5, 0.6) is 11.5 Å². The van der Waals surface area contributed by atoms with Crippen molar-refractivity contribution in [2.75, 3.05) is 19.0 Å². The average molecular weight is 416 g/mol. The number of carbonyl (C=O) groups excluding carboxylic acids is 2. The number of nitrogens with one attached hydrogen (secondary N) is 1. The van der Waals surface area contributed by atoms with Gasteiger partial charge in [-0.2, -0.15) is 0 Å². The first kappa shape index (κ1) is 22.7. The van der Waals surface area contributed by atoms with Crippen molar-refractivity contribution in [3.8, 4) is 11.5 Å². The molecule has 9 heteroatoms. The van der Waals surface area contributed by atoms with Crippen molar-refractivity contribution < 1.29 is 28.7 Å². The molecule has 0 bridgehead atoms. The van der Waals surface area contributed by atoms with E-state index in [4.69, 9.17) is 14.2 Å². The van der Waals surface area contributed by atoms with Gasteiger partial charge in [0, 0.05) is 18.6 Å². The van der Waals surface area contributed by atoms with Crippen molar-refractivity contribution in [3.05, 3.63) is 58.1 Å². The van der Waals surface area contributed by atoms with E-state index in [2.05, 4.69) is 5.32 Å². The summed E-state index contributed by atoms with van der Waals surface area (Å²) in [6.07, 6.45) is -0.567. The van der Waals surface area contributed by atoms with Crippen molar-refractivity contribution in [2.45, 2.75) is 32.8 Å². The molecular formula is C21H24N2O7. The van der Waals surface area contributed by atoms with Crippen LogP contribution in [-0.2, 0) is 14.3 Å². The highest BCUT2D eigenvalue weighted by atomic mass is 16.6. The average Bonchev–Trinajstić information content (AvgIpc) is 2.71. The topological polar surface area (TPSA) is 117 Å². The predicted octanol–water partition coefficient (Wildman–Crippen LogP) is 3.64. The number of carbonyl (C=O) groups is 2. The fourth-order valence-corrected chi connectivity index (χ4v) is 2.56. The lowest BCUT2D eigenvalue weighted by Crippen LogP contribution is -2.30. The Morgan fingerprint density at radius 3 is 2.63 bits per heavy atom. The largest absolute Gasteiger partial charge is 0.495 e. The maximum Gasteiger partial charge on any atom is 0.306 e. The van der Waals surface area contributed by atoms with Crippen LogP contribution in [0.15, 0.2) is 42.5 Å². The van der Waals surface area contributed by atoms with Crippen LogP contribution in [0.2, 0.25) is 0 Å². The number of ether oxygens (including phenoxy) is 3. The van der Waals surface area contributed by atoms with E-state index in [1.807, 2.05) is 31.2 Å². The zero-order valence-electron chi connectivity index (χ0n) is 17.0. The van der Waals surface area contributed by atoms with Crippen molar-refractivity contribution in [1.82, 2.24) is 0 Å². The molecule has 160 valence electrons. The maximum atomic E-state index is 12.3. The van der Waals surface area contributed by atoms with Crippen LogP contribution in [0.25, 0.3) is 0 Å². The number of aryl methyl sites for hydroxylation is 1. The summed E-state index contributed by atoms with van der Waals surface area (Å²) in [7, 11) is 1.37. The molecule has 30 heavy (non-hydrogen) atoms. The zero-order valence-corrected chi connectivity index (χ0v) is 17.0. The van der Waals surface area contributed by atoms with E-state index in [-0.39, 0.29) is 23.5 Å². The van der Waals surface area contributed by atoms with Crippen molar-refractivity contribution in [1.29, 1.82) is 0 Å². The number of amides is 1. The summed E-state index contributed by atoms with van der Waals surface area (Å²) in [6, 6.07) is 11.4. The summed E-state index contributed by atoms with van der Waals surface area (Å²) >= 11 is 0. The van der Waals surface area contributed by atoms with Gasteiger partial charge < -0.3 is 19.5 Å². The summed E-state index contributed by atoms with van der Waals surface area (Å²) in [5.74, 6) is -0.197. The third kappa shape index (κ3) is 6.77. The number of nitrogens with zero attached hydrogens (tertiary/aromatic N) is 1. The van der Waals surface area contributed by atoms with Crippen LogP contribution in [0.3, 0.4) is 0 Å². The molecule has 0 aliphatic heterocycles. The highest BCUT2D eigenvalue weighted by Crippen LogP contribution is 2.29. The van der Waals surface area contributed by atoms with Crippen LogP contribution >= 0.6 is 0 Å². The molecule has 0 unspecified atom stereocenters. The lowest BCUT2D eigenvalue weighted by molar-refractivity contribution is -0.384. The quantitative estimate of drug-likeness (QED) is 0.272. The number of methoxy groups -OCH3 is 1. The second-order valence-corrected chi connectivity index (χ2v) is 6.53. The minimum Gasteiger partial charge on any atom is -0.495 e. The van der Waals surface area contributed by atoms with Gasteiger partial charge in [-0.3, -0.25) is 19.7 Å². The lowest BCUT2D eigenvalue weighted by Gasteiger charge is -2.15. The predicted molar refractivity (Wildman–Crippen MR) is 110 cm³/mol. The summed E-state index contributed by atoms with van der Waals surface area (Å²) in [5, 5.41) is 13.4. The van der Waals surface area contributed by atoms with Crippen LogP contribution < -0.4 is 14.8 Å². The van der Waals surface area contributed by atoms with Crippen molar-refractivity contribution in [3.63, 3.8) is 0 Å². The molecular weight excluding hydrogens is 392 g/mol. The van der Waals surface area contributed by atoms with Gasteiger partial charge in [0.1, 0.15) is 11.5 Å². The number of hydrogen-bond donors (Lipinski definition) is 1. The fourth-order valence-electron chi connectivity index (χ4n) is 2.56. The van der Waals surface area contributed by atoms with Gasteiger partial charge >= 0.3 is 5.97 Å². The first-order chi connectivity index (χ1) is 14.3. The van der Waals surface area contributed by atoms with E-state index < -0.39 is 22.9 Å². The molecule has 9 nitrogen and oxygen atoms in total. The molecule has 0 radical (unpaired) electrons. The van der Waals surface area contributed by atoms with Gasteiger partial charge in [-0.05, 0) is 44.0 Å². The minimum absolute atomic E-state index is 0.0869. The third-order valence-corrected chi connectivity index (χ3v) is 4.11. The summed E-state index contributed by atoms with van der Waals surface area (Å²) in [4.78, 5) is 34.6. The Morgan fingerprint density at radius 2 is 1.97 bits per heavy atom. The Labute approximate surface area is 174 Å². The van der Waals surface area contributed by atoms with E-state index in [1.165, 1.54) is 32.2 Å². The van der Waals surface area contributed by atoms with Gasteiger partial charge in [-0.25, -0.2) is 0 Å². The summed E-state index contributed by atoms with van der Waals surface area (Å²) in [5.41, 5.74) is 0.989. The second kappa shape index (κ2) is 10.8. The van der Waals surface area contributed by atoms with Gasteiger partial charge in [0.25, 0.3) is 11.6 Å². The van der Waals surface area contributed by atoms with Gasteiger partial charge in [0.15, 0.2) is 6.10 Å². The summed E-state index contributed by atoms with van der Waals surface area (Å²) < 4.78 is 15.8. The monoisotopic (exact) mass is 416 g/mol. The Morgan fingerprint density at radius 1 is 1.20 bits per heavy atom. The number of non-ortho nitro benzene ring substituents is 1. The molecule has 0 saturated carbocycles. The van der Waals surface area contributed by atoms with Gasteiger partial charge in [-0.1, -0.05) is 12.1 Å². The van der Waals surface area contributed by atoms with Crippen LogP contribution in [0.1, 0.15) is 25.3 Å². The molecule has 0 aromatic heterocycles.